The van der Waals surface area contributed by atoms with Crippen LogP contribution in [-0.4, -0.2) is 28.5 Å². The lowest BCUT2D eigenvalue weighted by atomic mass is 10.6. The van der Waals surface area contributed by atoms with Crippen molar-refractivity contribution in [3.63, 3.8) is 0 Å². The van der Waals surface area contributed by atoms with Gasteiger partial charge in [-0.3, -0.25) is 0 Å². The van der Waals surface area contributed by atoms with E-state index in [1.165, 1.54) is 0 Å². The zero-order valence-electron chi connectivity index (χ0n) is 18.3. The number of hydrogen-bond acceptors (Lipinski definition) is 2. The Morgan fingerprint density at radius 3 is 1.39 bits per heavy atom. The van der Waals surface area contributed by atoms with Gasteiger partial charge in [0.1, 0.15) is 24.8 Å². The Bertz CT molecular complexity index is 708. The molecule has 28 heavy (non-hydrogen) atoms. The molecule has 9 heteroatoms. The first-order chi connectivity index (χ1) is 13.2. The maximum Gasteiger partial charge on any atom is 0.264 e. The van der Waals surface area contributed by atoms with Gasteiger partial charge in [-0.2, -0.15) is 0 Å². The van der Waals surface area contributed by atoms with E-state index >= 15 is 0 Å². The third kappa shape index (κ3) is 10.0. The third-order valence-electron chi connectivity index (χ3n) is 3.40. The molecule has 0 aliphatic carbocycles. The van der Waals surface area contributed by atoms with Crippen molar-refractivity contribution in [2.45, 2.75) is 6.92 Å². The highest BCUT2D eigenvalue weighted by Gasteiger charge is 1.90. The molecule has 0 aromatic carbocycles. The van der Waals surface area contributed by atoms with Gasteiger partial charge >= 0.3 is 0 Å². The summed E-state index contributed by atoms with van der Waals surface area (Å²) in [6.45, 7) is 1.97. The summed E-state index contributed by atoms with van der Waals surface area (Å²) in [6, 6.07) is 0. The monoisotopic (exact) mass is 388 g/mol. The molecule has 4 heterocycles. The van der Waals surface area contributed by atoms with Gasteiger partial charge in [-0.05, 0) is 6.92 Å². The smallest absolute Gasteiger partial charge is 0.264 e. The first-order valence-corrected chi connectivity index (χ1v) is 8.88. The maximum atomic E-state index is 3.98. The second-order valence-corrected chi connectivity index (χ2v) is 6.76. The number of nitrogens with zero attached hydrogens (tertiary/aromatic N) is 9. The molecule has 0 spiro atoms. The van der Waals surface area contributed by atoms with E-state index in [1.807, 2.05) is 134 Å². The van der Waals surface area contributed by atoms with Gasteiger partial charge in [-0.1, -0.05) is 0 Å². The molecular formula is C19H34N9+3. The van der Waals surface area contributed by atoms with E-state index < -0.39 is 0 Å². The summed E-state index contributed by atoms with van der Waals surface area (Å²) >= 11 is 0. The summed E-state index contributed by atoms with van der Waals surface area (Å²) in [4.78, 5) is 3.98. The van der Waals surface area contributed by atoms with Crippen LogP contribution in [0.2, 0.25) is 0 Å². The van der Waals surface area contributed by atoms with Crippen molar-refractivity contribution in [2.75, 3.05) is 0 Å². The van der Waals surface area contributed by atoms with Gasteiger partial charge in [-0.25, -0.2) is 27.8 Å². The lowest BCUT2D eigenvalue weighted by Gasteiger charge is -1.78. The molecule has 152 valence electrons. The molecule has 4 rings (SSSR count). The third-order valence-corrected chi connectivity index (χ3v) is 3.40. The fourth-order valence-corrected chi connectivity index (χ4v) is 2.18. The zero-order chi connectivity index (χ0) is 21.1. The van der Waals surface area contributed by atoms with Crippen LogP contribution in [0.1, 0.15) is 5.69 Å². The minimum absolute atomic E-state index is 1.07. The molecular weight excluding hydrogens is 354 g/mol. The normalized spacial score (nSPS) is 9.43. The lowest BCUT2D eigenvalue weighted by Crippen LogP contribution is -2.23. The molecule has 0 bridgehead atoms. The topological polar surface area (TPSA) is 57.1 Å². The molecule has 0 N–H and O–H groups in total. The van der Waals surface area contributed by atoms with Crippen LogP contribution in [0.25, 0.3) is 0 Å². The highest BCUT2D eigenvalue weighted by atomic mass is 15.3. The van der Waals surface area contributed by atoms with Crippen molar-refractivity contribution in [1.29, 1.82) is 0 Å². The van der Waals surface area contributed by atoms with Crippen molar-refractivity contribution < 1.29 is 13.7 Å². The van der Waals surface area contributed by atoms with E-state index in [9.17, 15) is 0 Å². The Morgan fingerprint density at radius 2 is 1.29 bits per heavy atom. The SMILES string of the molecule is Cc1cn(C)cn1.Cn1c[n+](C)cn1.Cn1cc[n+](C)c1.Cn1cc[n+](C)c1. The van der Waals surface area contributed by atoms with Crippen molar-refractivity contribution in [3.05, 3.63) is 68.3 Å². The average molecular weight is 389 g/mol. The molecule has 0 saturated heterocycles. The molecule has 0 unspecified atom stereocenters. The quantitative estimate of drug-likeness (QED) is 0.388. The Labute approximate surface area is 167 Å². The van der Waals surface area contributed by atoms with Gasteiger partial charge in [0.2, 0.25) is 19.0 Å². The van der Waals surface area contributed by atoms with E-state index in [-0.39, 0.29) is 0 Å². The molecule has 0 amide bonds. The van der Waals surface area contributed by atoms with Gasteiger partial charge in [0.25, 0.3) is 6.33 Å². The molecule has 0 aliphatic heterocycles. The second-order valence-electron chi connectivity index (χ2n) is 6.76. The summed E-state index contributed by atoms with van der Waals surface area (Å²) in [7, 11) is 13.8. The second kappa shape index (κ2) is 11.5. The van der Waals surface area contributed by atoms with E-state index in [0.717, 1.165) is 5.69 Å². The fourth-order valence-electron chi connectivity index (χ4n) is 2.18. The number of imidazole rings is 3. The highest BCUT2D eigenvalue weighted by molar-refractivity contribution is 4.90. The molecule has 4 aromatic heterocycles. The molecule has 0 aliphatic rings. The molecule has 0 atom stereocenters. The van der Waals surface area contributed by atoms with Crippen LogP contribution >= 0.6 is 0 Å². The lowest BCUT2D eigenvalue weighted by molar-refractivity contribution is -0.672. The van der Waals surface area contributed by atoms with Gasteiger partial charge in [0, 0.05) is 18.3 Å². The van der Waals surface area contributed by atoms with Crippen LogP contribution in [-0.2, 0) is 49.3 Å². The predicted molar refractivity (Wildman–Crippen MR) is 106 cm³/mol. The largest absolute Gasteiger partial charge is 0.340 e. The summed E-state index contributed by atoms with van der Waals surface area (Å²) in [6.07, 6.45) is 19.4. The molecule has 9 nitrogen and oxygen atoms in total. The number of aryl methyl sites for hydroxylation is 8. The Kier molecular flexibility index (Phi) is 9.35. The van der Waals surface area contributed by atoms with E-state index in [4.69, 9.17) is 0 Å². The predicted octanol–water partition coefficient (Wildman–Crippen LogP) is -0.328. The van der Waals surface area contributed by atoms with Crippen LogP contribution in [0.3, 0.4) is 0 Å². The fraction of sp³-hybridized carbons (Fsp3) is 0.421. The minimum Gasteiger partial charge on any atom is -0.340 e. The molecule has 0 radical (unpaired) electrons. The van der Waals surface area contributed by atoms with Gasteiger partial charge in [0.15, 0.2) is 0 Å². The molecule has 0 saturated carbocycles. The highest BCUT2D eigenvalue weighted by Crippen LogP contribution is 1.86. The zero-order valence-corrected chi connectivity index (χ0v) is 18.3. The van der Waals surface area contributed by atoms with Crippen molar-refractivity contribution >= 4 is 0 Å². The van der Waals surface area contributed by atoms with Crippen molar-refractivity contribution in [1.82, 2.24) is 28.5 Å². The number of aromatic nitrogens is 9. The summed E-state index contributed by atoms with van der Waals surface area (Å²) in [5.41, 5.74) is 1.07. The summed E-state index contributed by atoms with van der Waals surface area (Å²) < 4.78 is 13.6. The minimum atomic E-state index is 1.07. The number of hydrogen-bond donors (Lipinski definition) is 0. The van der Waals surface area contributed by atoms with Gasteiger partial charge in [-0.15, -0.1) is 4.68 Å². The molecule has 4 aromatic rings. The Balaban J connectivity index is 0.000000187. The average Bonchev–Trinajstić information content (AvgIpc) is 3.37. The standard InChI is InChI=1S/C5H8N2.2C5H9N2.C4H8N3/c1-5-3-7(2)4-6-5;2*1-6-3-4-7(2)5-6;1-6-3-5-7(2)4-6/h3-4H,1-2H3;2*3-5H,1-2H3;3-4H,1-2H3/q;3*+1. The number of rotatable bonds is 0. The Morgan fingerprint density at radius 1 is 0.750 bits per heavy atom. The van der Waals surface area contributed by atoms with Crippen LogP contribution < -0.4 is 13.7 Å². The van der Waals surface area contributed by atoms with Gasteiger partial charge < -0.3 is 4.57 Å². The van der Waals surface area contributed by atoms with Gasteiger partial charge in [0.05, 0.1) is 54.3 Å². The maximum absolute atomic E-state index is 3.98. The van der Waals surface area contributed by atoms with Crippen LogP contribution in [0, 0.1) is 6.92 Å². The summed E-state index contributed by atoms with van der Waals surface area (Å²) in [5.74, 6) is 0. The molecule has 0 fully saturated rings. The van der Waals surface area contributed by atoms with Crippen molar-refractivity contribution in [2.24, 2.45) is 49.3 Å². The first kappa shape index (κ1) is 22.8. The Hall–Kier alpha value is -3.23. The van der Waals surface area contributed by atoms with Crippen LogP contribution in [0.4, 0.5) is 0 Å². The summed E-state index contributed by atoms with van der Waals surface area (Å²) in [5, 5.41) is 3.90. The van der Waals surface area contributed by atoms with E-state index in [1.54, 1.807) is 17.3 Å². The van der Waals surface area contributed by atoms with Crippen LogP contribution in [0.5, 0.6) is 0 Å². The first-order valence-electron chi connectivity index (χ1n) is 8.88. The van der Waals surface area contributed by atoms with E-state index in [2.05, 4.69) is 10.1 Å². The van der Waals surface area contributed by atoms with Crippen molar-refractivity contribution in [3.8, 4) is 0 Å². The van der Waals surface area contributed by atoms with Crippen LogP contribution in [0.15, 0.2) is 62.6 Å². The van der Waals surface area contributed by atoms with E-state index in [0.29, 0.717) is 0 Å².